The first-order valence-corrected chi connectivity index (χ1v) is 6.97. The minimum Gasteiger partial charge on any atom is -0.294 e. The summed E-state index contributed by atoms with van der Waals surface area (Å²) >= 11 is 0. The molecule has 0 aromatic heterocycles. The molecule has 1 heterocycles. The summed E-state index contributed by atoms with van der Waals surface area (Å²) in [6, 6.07) is 0. The minimum absolute atomic E-state index is 0.649. The molecule has 0 amide bonds. The second-order valence-corrected chi connectivity index (χ2v) is 7.86. The molecule has 1 saturated heterocycles. The van der Waals surface area contributed by atoms with Gasteiger partial charge in [-0.15, -0.1) is 0 Å². The Labute approximate surface area is 72.2 Å². The van der Waals surface area contributed by atoms with E-state index in [-0.39, 0.29) is 0 Å². The molecule has 1 fully saturated rings. The van der Waals surface area contributed by atoms with Crippen LogP contribution in [-0.4, -0.2) is 17.8 Å². The second-order valence-electron chi connectivity index (χ2n) is 4.34. The monoisotopic (exact) mass is 175 g/mol. The highest BCUT2D eigenvalue weighted by Crippen LogP contribution is 2.44. The van der Waals surface area contributed by atoms with Gasteiger partial charge in [0.2, 0.25) is 0 Å². The van der Waals surface area contributed by atoms with Gasteiger partial charge in [0.15, 0.2) is 0 Å². The molecule has 1 aliphatic heterocycles. The molecular formula is C9H21NS. The summed E-state index contributed by atoms with van der Waals surface area (Å²) in [5.41, 5.74) is 0. The van der Waals surface area contributed by atoms with E-state index >= 15 is 0 Å². The zero-order chi connectivity index (χ0) is 8.48. The van der Waals surface area contributed by atoms with Crippen molar-refractivity contribution in [2.24, 2.45) is 17.0 Å². The second kappa shape index (κ2) is 3.36. The zero-order valence-electron chi connectivity index (χ0n) is 7.97. The largest absolute Gasteiger partial charge is 0.294 e. The van der Waals surface area contributed by atoms with Crippen LogP contribution >= 0.6 is 10.2 Å². The third-order valence-electron chi connectivity index (χ3n) is 2.85. The van der Waals surface area contributed by atoms with Gasteiger partial charge in [-0.05, 0) is 42.4 Å². The number of nitrogens with two attached hydrogens (primary N) is 1. The molecule has 0 aliphatic carbocycles. The number of rotatable bonds is 1. The molecule has 0 bridgehead atoms. The lowest BCUT2D eigenvalue weighted by molar-refractivity contribution is 0.358. The van der Waals surface area contributed by atoms with Crippen LogP contribution in [-0.2, 0) is 0 Å². The van der Waals surface area contributed by atoms with Gasteiger partial charge in [-0.3, -0.25) is 5.14 Å². The third kappa shape index (κ3) is 2.68. The van der Waals surface area contributed by atoms with E-state index in [2.05, 4.69) is 20.1 Å². The Morgan fingerprint density at radius 1 is 1.27 bits per heavy atom. The van der Waals surface area contributed by atoms with Gasteiger partial charge in [-0.2, -0.15) is 10.2 Å². The first kappa shape index (κ1) is 9.40. The zero-order valence-corrected chi connectivity index (χ0v) is 8.79. The first-order valence-electron chi connectivity index (χ1n) is 4.53. The summed E-state index contributed by atoms with van der Waals surface area (Å²) in [4.78, 5) is 0. The van der Waals surface area contributed by atoms with E-state index in [0.29, 0.717) is 0 Å². The maximum atomic E-state index is 6.12. The molecule has 0 saturated carbocycles. The van der Waals surface area contributed by atoms with E-state index in [1.165, 1.54) is 24.3 Å². The Morgan fingerprint density at radius 2 is 1.73 bits per heavy atom. The molecule has 1 nitrogen and oxygen atoms in total. The molecule has 0 spiro atoms. The van der Waals surface area contributed by atoms with Crippen LogP contribution in [0.1, 0.15) is 26.7 Å². The van der Waals surface area contributed by atoms with Crippen LogP contribution < -0.4 is 5.14 Å². The van der Waals surface area contributed by atoms with Crippen LogP contribution in [0.5, 0.6) is 0 Å². The molecule has 1 rings (SSSR count). The fraction of sp³-hybridized carbons (Fsp3) is 1.00. The Kier molecular flexibility index (Phi) is 2.87. The third-order valence-corrected chi connectivity index (χ3v) is 5.19. The molecule has 68 valence electrons. The van der Waals surface area contributed by atoms with Crippen molar-refractivity contribution in [1.29, 1.82) is 0 Å². The molecule has 0 radical (unpaired) electrons. The van der Waals surface area contributed by atoms with Crippen molar-refractivity contribution >= 4 is 10.2 Å². The van der Waals surface area contributed by atoms with E-state index in [1.807, 2.05) is 0 Å². The predicted octanol–water partition coefficient (Wildman–Crippen LogP) is 2.36. The molecule has 11 heavy (non-hydrogen) atoms. The Hall–Kier alpha value is 0.310. The van der Waals surface area contributed by atoms with Crippen LogP contribution in [0.2, 0.25) is 0 Å². The molecule has 2 heteroatoms. The molecule has 0 aromatic rings. The highest BCUT2D eigenvalue weighted by molar-refractivity contribution is 8.31. The lowest BCUT2D eigenvalue weighted by atomic mass is 9.91. The van der Waals surface area contributed by atoms with Crippen LogP contribution in [0.15, 0.2) is 0 Å². The first-order chi connectivity index (χ1) is 5.01. The molecule has 0 unspecified atom stereocenters. The highest BCUT2D eigenvalue weighted by atomic mass is 32.3. The van der Waals surface area contributed by atoms with Gasteiger partial charge in [0.1, 0.15) is 0 Å². The normalized spacial score (nSPS) is 45.4. The van der Waals surface area contributed by atoms with Gasteiger partial charge in [0.25, 0.3) is 0 Å². The predicted molar refractivity (Wildman–Crippen MR) is 55.0 cm³/mol. The van der Waals surface area contributed by atoms with E-state index in [1.54, 1.807) is 0 Å². The van der Waals surface area contributed by atoms with Crippen molar-refractivity contribution in [2.75, 3.05) is 17.8 Å². The fourth-order valence-corrected chi connectivity index (χ4v) is 3.64. The summed E-state index contributed by atoms with van der Waals surface area (Å²) in [6.07, 6.45) is 5.02. The molecule has 2 N–H and O–H groups in total. The van der Waals surface area contributed by atoms with Gasteiger partial charge in [-0.1, -0.05) is 13.8 Å². The van der Waals surface area contributed by atoms with E-state index in [9.17, 15) is 0 Å². The molecule has 0 aromatic carbocycles. The topological polar surface area (TPSA) is 26.0 Å². The maximum Gasteiger partial charge on any atom is -0.0112 e. The fourth-order valence-electron chi connectivity index (χ4n) is 1.75. The van der Waals surface area contributed by atoms with Crippen molar-refractivity contribution in [1.82, 2.24) is 0 Å². The quantitative estimate of drug-likeness (QED) is 0.650. The molecule has 0 atom stereocenters. The summed E-state index contributed by atoms with van der Waals surface area (Å²) in [5, 5.41) is 6.12. The van der Waals surface area contributed by atoms with Gasteiger partial charge in [-0.25, -0.2) is 0 Å². The minimum atomic E-state index is -0.649. The van der Waals surface area contributed by atoms with Crippen LogP contribution in [0.25, 0.3) is 0 Å². The number of hydrogen-bond acceptors (Lipinski definition) is 1. The number of hydrogen-bond donors (Lipinski definition) is 1. The van der Waals surface area contributed by atoms with Crippen molar-refractivity contribution in [3.8, 4) is 0 Å². The van der Waals surface area contributed by atoms with Crippen molar-refractivity contribution < 1.29 is 0 Å². The summed E-state index contributed by atoms with van der Waals surface area (Å²) in [5.74, 6) is 4.43. The van der Waals surface area contributed by atoms with Crippen LogP contribution in [0.3, 0.4) is 0 Å². The average molecular weight is 175 g/mol. The smallest absolute Gasteiger partial charge is 0.0112 e. The SMILES string of the molecule is CC(C)C1CCS(C)(N)CC1. The average Bonchev–Trinajstić information content (AvgIpc) is 1.86. The summed E-state index contributed by atoms with van der Waals surface area (Å²) in [6.45, 7) is 4.67. The van der Waals surface area contributed by atoms with Gasteiger partial charge in [0.05, 0.1) is 0 Å². The van der Waals surface area contributed by atoms with Gasteiger partial charge in [0, 0.05) is 0 Å². The van der Waals surface area contributed by atoms with E-state index in [4.69, 9.17) is 5.14 Å². The van der Waals surface area contributed by atoms with E-state index in [0.717, 1.165) is 11.8 Å². The van der Waals surface area contributed by atoms with Crippen molar-refractivity contribution in [2.45, 2.75) is 26.7 Å². The summed E-state index contributed by atoms with van der Waals surface area (Å²) < 4.78 is 0. The van der Waals surface area contributed by atoms with Gasteiger partial charge >= 0.3 is 0 Å². The van der Waals surface area contributed by atoms with Crippen LogP contribution in [0.4, 0.5) is 0 Å². The molecular weight excluding hydrogens is 154 g/mol. The van der Waals surface area contributed by atoms with Crippen molar-refractivity contribution in [3.63, 3.8) is 0 Å². The standard InChI is InChI=1S/C9H21NS/c1-8(2)9-4-6-11(3,10)7-5-9/h8-9H,4-7,10H2,1-3H3. The van der Waals surface area contributed by atoms with E-state index < -0.39 is 10.2 Å². The Bertz CT molecular complexity index is 122. The van der Waals surface area contributed by atoms with Crippen molar-refractivity contribution in [3.05, 3.63) is 0 Å². The lowest BCUT2D eigenvalue weighted by Crippen LogP contribution is -2.28. The molecule has 1 aliphatic rings. The summed E-state index contributed by atoms with van der Waals surface area (Å²) in [7, 11) is -0.649. The highest BCUT2D eigenvalue weighted by Gasteiger charge is 2.24. The van der Waals surface area contributed by atoms with Crippen LogP contribution in [0, 0.1) is 11.8 Å². The maximum absolute atomic E-state index is 6.12. The van der Waals surface area contributed by atoms with Gasteiger partial charge < -0.3 is 0 Å². The lowest BCUT2D eigenvalue weighted by Gasteiger charge is -2.40. The Balaban J connectivity index is 2.36. The Morgan fingerprint density at radius 3 is 2.09 bits per heavy atom.